The molecule has 2 rings (SSSR count). The molecule has 0 amide bonds. The molecule has 3 N–H and O–H groups in total. The maximum Gasteiger partial charge on any atom is 0.227 e. The Bertz CT molecular complexity index is 558. The quantitative estimate of drug-likeness (QED) is 0.883. The van der Waals surface area contributed by atoms with Crippen molar-refractivity contribution in [3.8, 4) is 0 Å². The first-order chi connectivity index (χ1) is 9.12. The summed E-state index contributed by atoms with van der Waals surface area (Å²) in [7, 11) is 0. The van der Waals surface area contributed by atoms with Gasteiger partial charge in [-0.15, -0.1) is 0 Å². The van der Waals surface area contributed by atoms with Gasteiger partial charge >= 0.3 is 0 Å². The summed E-state index contributed by atoms with van der Waals surface area (Å²) >= 11 is 0. The number of anilines is 2. The summed E-state index contributed by atoms with van der Waals surface area (Å²) in [6.07, 6.45) is 2.66. The fourth-order valence-corrected chi connectivity index (χ4v) is 2.15. The summed E-state index contributed by atoms with van der Waals surface area (Å²) in [6.45, 7) is 6.71. The third kappa shape index (κ3) is 3.29. The topological polar surface area (TPSA) is 63.8 Å². The predicted octanol–water partition coefficient (Wildman–Crippen LogP) is 2.86. The van der Waals surface area contributed by atoms with E-state index in [9.17, 15) is 0 Å². The monoisotopic (exact) mass is 256 g/mol. The number of hydrogen-bond acceptors (Lipinski definition) is 4. The van der Waals surface area contributed by atoms with Gasteiger partial charge in [-0.3, -0.25) is 0 Å². The molecular weight excluding hydrogens is 236 g/mol. The van der Waals surface area contributed by atoms with Crippen LogP contribution in [0, 0.1) is 13.8 Å². The number of rotatable bonds is 4. The number of aromatic nitrogens is 2. The Balaban J connectivity index is 2.28. The molecule has 0 aliphatic rings. The maximum absolute atomic E-state index is 5.67. The number of hydrogen-bond donors (Lipinski definition) is 2. The molecule has 0 aliphatic carbocycles. The second-order valence-electron chi connectivity index (χ2n) is 4.72. The molecule has 2 aromatic rings. The summed E-state index contributed by atoms with van der Waals surface area (Å²) in [6, 6.07) is 6.30. The number of nitrogens with zero attached hydrogens (tertiary/aromatic N) is 2. The SMILES string of the molecule is CCc1nc(Nc2cc(C)cc(C)c2)ncc1CN. The second-order valence-corrected chi connectivity index (χ2v) is 4.72. The largest absolute Gasteiger partial charge is 0.326 e. The molecule has 0 fully saturated rings. The van der Waals surface area contributed by atoms with Gasteiger partial charge in [0.25, 0.3) is 0 Å². The van der Waals surface area contributed by atoms with E-state index < -0.39 is 0 Å². The van der Waals surface area contributed by atoms with E-state index in [0.29, 0.717) is 12.5 Å². The van der Waals surface area contributed by atoms with Crippen molar-refractivity contribution >= 4 is 11.6 Å². The van der Waals surface area contributed by atoms with E-state index in [0.717, 1.165) is 23.4 Å². The molecule has 0 unspecified atom stereocenters. The highest BCUT2D eigenvalue weighted by atomic mass is 15.1. The molecule has 100 valence electrons. The van der Waals surface area contributed by atoms with E-state index in [-0.39, 0.29) is 0 Å². The van der Waals surface area contributed by atoms with E-state index in [2.05, 4.69) is 54.3 Å². The summed E-state index contributed by atoms with van der Waals surface area (Å²) in [5.41, 5.74) is 11.1. The molecule has 4 heteroatoms. The van der Waals surface area contributed by atoms with Crippen molar-refractivity contribution in [3.63, 3.8) is 0 Å². The van der Waals surface area contributed by atoms with Crippen LogP contribution in [0.15, 0.2) is 24.4 Å². The van der Waals surface area contributed by atoms with Gasteiger partial charge in [-0.2, -0.15) is 0 Å². The van der Waals surface area contributed by atoms with Crippen LogP contribution >= 0.6 is 0 Å². The Hall–Kier alpha value is -1.94. The van der Waals surface area contributed by atoms with Crippen LogP contribution in [-0.4, -0.2) is 9.97 Å². The van der Waals surface area contributed by atoms with Crippen molar-refractivity contribution in [3.05, 3.63) is 46.8 Å². The standard InChI is InChI=1S/C15H20N4/c1-4-14-12(8-16)9-17-15(19-14)18-13-6-10(2)5-11(3)7-13/h5-7,9H,4,8,16H2,1-3H3,(H,17,18,19). The lowest BCUT2D eigenvalue weighted by molar-refractivity contribution is 0.919. The molecule has 1 aromatic heterocycles. The van der Waals surface area contributed by atoms with Crippen molar-refractivity contribution < 1.29 is 0 Å². The first-order valence-corrected chi connectivity index (χ1v) is 6.52. The molecule has 0 atom stereocenters. The summed E-state index contributed by atoms with van der Waals surface area (Å²) in [5.74, 6) is 0.624. The van der Waals surface area contributed by atoms with Crippen LogP contribution in [0.1, 0.15) is 29.3 Å². The minimum Gasteiger partial charge on any atom is -0.326 e. The van der Waals surface area contributed by atoms with E-state index in [1.807, 2.05) is 0 Å². The lowest BCUT2D eigenvalue weighted by atomic mass is 10.1. The van der Waals surface area contributed by atoms with E-state index in [1.165, 1.54) is 11.1 Å². The zero-order chi connectivity index (χ0) is 13.8. The van der Waals surface area contributed by atoms with Crippen LogP contribution in [-0.2, 0) is 13.0 Å². The third-order valence-corrected chi connectivity index (χ3v) is 2.99. The highest BCUT2D eigenvalue weighted by molar-refractivity contribution is 5.56. The first kappa shape index (κ1) is 13.5. The highest BCUT2D eigenvalue weighted by Crippen LogP contribution is 2.18. The molecule has 0 bridgehead atoms. The van der Waals surface area contributed by atoms with Gasteiger partial charge < -0.3 is 11.1 Å². The Kier molecular flexibility index (Phi) is 4.12. The van der Waals surface area contributed by atoms with Crippen LogP contribution < -0.4 is 11.1 Å². The lowest BCUT2D eigenvalue weighted by Gasteiger charge is -2.10. The summed E-state index contributed by atoms with van der Waals surface area (Å²) in [5, 5.41) is 3.25. The normalized spacial score (nSPS) is 10.5. The lowest BCUT2D eigenvalue weighted by Crippen LogP contribution is -2.07. The fraction of sp³-hybridized carbons (Fsp3) is 0.333. The molecule has 1 heterocycles. The molecular formula is C15H20N4. The van der Waals surface area contributed by atoms with Gasteiger partial charge in [0.15, 0.2) is 0 Å². The van der Waals surface area contributed by atoms with Gasteiger partial charge in [-0.1, -0.05) is 13.0 Å². The zero-order valence-corrected chi connectivity index (χ0v) is 11.7. The summed E-state index contributed by atoms with van der Waals surface area (Å²) in [4.78, 5) is 8.82. The van der Waals surface area contributed by atoms with Crippen molar-refractivity contribution in [2.24, 2.45) is 5.73 Å². The number of nitrogens with one attached hydrogen (secondary N) is 1. The molecule has 4 nitrogen and oxygen atoms in total. The smallest absolute Gasteiger partial charge is 0.227 e. The molecule has 0 radical (unpaired) electrons. The second kappa shape index (κ2) is 5.80. The molecule has 19 heavy (non-hydrogen) atoms. The van der Waals surface area contributed by atoms with Crippen LogP contribution in [0.25, 0.3) is 0 Å². The fourth-order valence-electron chi connectivity index (χ4n) is 2.15. The molecule has 0 saturated carbocycles. The Morgan fingerprint density at radius 2 is 1.84 bits per heavy atom. The van der Waals surface area contributed by atoms with Crippen molar-refractivity contribution in [2.75, 3.05) is 5.32 Å². The van der Waals surface area contributed by atoms with Gasteiger partial charge in [-0.25, -0.2) is 9.97 Å². The van der Waals surface area contributed by atoms with E-state index >= 15 is 0 Å². The highest BCUT2D eigenvalue weighted by Gasteiger charge is 2.05. The average Bonchev–Trinajstić information content (AvgIpc) is 2.37. The average molecular weight is 256 g/mol. The number of aryl methyl sites for hydroxylation is 3. The van der Waals surface area contributed by atoms with E-state index in [4.69, 9.17) is 5.73 Å². The predicted molar refractivity (Wildman–Crippen MR) is 78.5 cm³/mol. The van der Waals surface area contributed by atoms with Crippen LogP contribution in [0.5, 0.6) is 0 Å². The van der Waals surface area contributed by atoms with Gasteiger partial charge in [0.2, 0.25) is 5.95 Å². The van der Waals surface area contributed by atoms with Crippen LogP contribution in [0.2, 0.25) is 0 Å². The van der Waals surface area contributed by atoms with Gasteiger partial charge in [-0.05, 0) is 43.5 Å². The van der Waals surface area contributed by atoms with Crippen molar-refractivity contribution in [1.82, 2.24) is 9.97 Å². The molecule has 0 saturated heterocycles. The zero-order valence-electron chi connectivity index (χ0n) is 11.7. The number of benzene rings is 1. The first-order valence-electron chi connectivity index (χ1n) is 6.52. The van der Waals surface area contributed by atoms with Gasteiger partial charge in [0, 0.05) is 24.0 Å². The molecule has 0 spiro atoms. The minimum atomic E-state index is 0.479. The number of nitrogens with two attached hydrogens (primary N) is 1. The molecule has 1 aromatic carbocycles. The molecule has 0 aliphatic heterocycles. The van der Waals surface area contributed by atoms with Crippen LogP contribution in [0.4, 0.5) is 11.6 Å². The third-order valence-electron chi connectivity index (χ3n) is 2.99. The summed E-state index contributed by atoms with van der Waals surface area (Å²) < 4.78 is 0. The van der Waals surface area contributed by atoms with Gasteiger partial charge in [0.1, 0.15) is 0 Å². The minimum absolute atomic E-state index is 0.479. The Morgan fingerprint density at radius 3 is 2.42 bits per heavy atom. The van der Waals surface area contributed by atoms with Crippen molar-refractivity contribution in [2.45, 2.75) is 33.7 Å². The Labute approximate surface area is 114 Å². The Morgan fingerprint density at radius 1 is 1.16 bits per heavy atom. The van der Waals surface area contributed by atoms with E-state index in [1.54, 1.807) is 6.20 Å². The van der Waals surface area contributed by atoms with Gasteiger partial charge in [0.05, 0.1) is 5.69 Å². The van der Waals surface area contributed by atoms with Crippen molar-refractivity contribution in [1.29, 1.82) is 0 Å². The van der Waals surface area contributed by atoms with Crippen LogP contribution in [0.3, 0.4) is 0 Å². The maximum atomic E-state index is 5.67.